The summed E-state index contributed by atoms with van der Waals surface area (Å²) in [5.74, 6) is -0.919. The van der Waals surface area contributed by atoms with E-state index in [0.29, 0.717) is 26.9 Å². The molecule has 0 bridgehead atoms. The van der Waals surface area contributed by atoms with Crippen molar-refractivity contribution in [2.24, 2.45) is 0 Å². The fourth-order valence-corrected chi connectivity index (χ4v) is 3.97. The monoisotopic (exact) mass is 368 g/mol. The molecule has 0 aliphatic carbocycles. The number of hydrogen-bond acceptors (Lipinski definition) is 6. The van der Waals surface area contributed by atoms with Gasteiger partial charge in [0.15, 0.2) is 15.7 Å². The zero-order valence-corrected chi connectivity index (χ0v) is 14.3. The van der Waals surface area contributed by atoms with E-state index in [1.807, 2.05) is 5.38 Å². The Bertz CT molecular complexity index is 849. The largest absolute Gasteiger partial charge is 0.464 e. The fourth-order valence-electron chi connectivity index (χ4n) is 1.99. The third-order valence-electron chi connectivity index (χ3n) is 3.06. The lowest BCUT2D eigenvalue weighted by Crippen LogP contribution is -2.05. The lowest BCUT2D eigenvalue weighted by Gasteiger charge is -2.04. The number of thiazole rings is 2. The quantitative estimate of drug-likeness (QED) is 0.639. The second-order valence-corrected chi connectivity index (χ2v) is 6.92. The molecule has 0 aliphatic heterocycles. The Kier molecular flexibility index (Phi) is 4.70. The Hall–Kier alpha value is -1.83. The smallest absolute Gasteiger partial charge is 0.357 e. The van der Waals surface area contributed by atoms with Crippen LogP contribution in [0.5, 0.6) is 0 Å². The number of methoxy groups -OCH3 is 1. The molecular formula is C15H10ClFN2O2S2. The molecule has 2 aromatic heterocycles. The summed E-state index contributed by atoms with van der Waals surface area (Å²) >= 11 is 8.86. The molecule has 1 aromatic carbocycles. The third-order valence-corrected chi connectivity index (χ3v) is 5.38. The van der Waals surface area contributed by atoms with E-state index in [9.17, 15) is 9.18 Å². The lowest BCUT2D eigenvalue weighted by atomic mass is 10.1. The van der Waals surface area contributed by atoms with Gasteiger partial charge in [0.2, 0.25) is 0 Å². The standard InChI is InChI=1S/C15H10ClFN2O2S2/c1-21-15(20)12-11(6-8-2-3-9(17)7-10(8)16)23-14(19-12)13-18-4-5-22-13/h2-5,7H,6H2,1H3. The van der Waals surface area contributed by atoms with Crippen LogP contribution in [0.1, 0.15) is 20.9 Å². The number of aromatic nitrogens is 2. The van der Waals surface area contributed by atoms with Crippen molar-refractivity contribution in [3.8, 4) is 10.0 Å². The van der Waals surface area contributed by atoms with Crippen molar-refractivity contribution >= 4 is 40.2 Å². The van der Waals surface area contributed by atoms with Gasteiger partial charge in [0.05, 0.1) is 7.11 Å². The SMILES string of the molecule is COC(=O)c1nc(-c2nccs2)sc1Cc1ccc(F)cc1Cl. The summed E-state index contributed by atoms with van der Waals surface area (Å²) in [6.07, 6.45) is 2.04. The second kappa shape index (κ2) is 6.74. The van der Waals surface area contributed by atoms with E-state index in [0.717, 1.165) is 5.01 Å². The molecule has 0 saturated carbocycles. The predicted molar refractivity (Wildman–Crippen MR) is 88.8 cm³/mol. The summed E-state index contributed by atoms with van der Waals surface area (Å²) in [5, 5.41) is 3.53. The minimum absolute atomic E-state index is 0.239. The second-order valence-electron chi connectivity index (χ2n) is 4.53. The number of carbonyl (C=O) groups excluding carboxylic acids is 1. The molecule has 0 fully saturated rings. The van der Waals surface area contributed by atoms with E-state index >= 15 is 0 Å². The Morgan fingerprint density at radius 2 is 2.22 bits per heavy atom. The van der Waals surface area contributed by atoms with Gasteiger partial charge in [-0.3, -0.25) is 0 Å². The zero-order valence-electron chi connectivity index (χ0n) is 11.9. The minimum Gasteiger partial charge on any atom is -0.464 e. The van der Waals surface area contributed by atoms with Gasteiger partial charge in [-0.1, -0.05) is 17.7 Å². The normalized spacial score (nSPS) is 10.7. The summed E-state index contributed by atoms with van der Waals surface area (Å²) in [7, 11) is 1.30. The van der Waals surface area contributed by atoms with Gasteiger partial charge in [0.25, 0.3) is 0 Å². The Morgan fingerprint density at radius 3 is 2.87 bits per heavy atom. The molecule has 0 unspecified atom stereocenters. The van der Waals surface area contributed by atoms with E-state index < -0.39 is 11.8 Å². The lowest BCUT2D eigenvalue weighted by molar-refractivity contribution is 0.0594. The maximum atomic E-state index is 13.2. The van der Waals surface area contributed by atoms with Gasteiger partial charge in [0, 0.05) is 27.9 Å². The van der Waals surface area contributed by atoms with E-state index in [1.54, 1.807) is 12.3 Å². The maximum Gasteiger partial charge on any atom is 0.357 e. The van der Waals surface area contributed by atoms with Gasteiger partial charge in [-0.2, -0.15) is 0 Å². The van der Waals surface area contributed by atoms with Gasteiger partial charge in [-0.25, -0.2) is 19.2 Å². The summed E-state index contributed by atoms with van der Waals surface area (Å²) in [5.41, 5.74) is 0.954. The van der Waals surface area contributed by atoms with Gasteiger partial charge in [0.1, 0.15) is 5.82 Å². The highest BCUT2D eigenvalue weighted by Gasteiger charge is 2.21. The Morgan fingerprint density at radius 1 is 1.39 bits per heavy atom. The highest BCUT2D eigenvalue weighted by atomic mass is 35.5. The molecule has 3 rings (SSSR count). The highest BCUT2D eigenvalue weighted by molar-refractivity contribution is 7.20. The zero-order chi connectivity index (χ0) is 16.4. The van der Waals surface area contributed by atoms with Crippen molar-refractivity contribution < 1.29 is 13.9 Å². The van der Waals surface area contributed by atoms with Crippen LogP contribution in [0.3, 0.4) is 0 Å². The first-order valence-corrected chi connectivity index (χ1v) is 8.57. The molecule has 0 saturated heterocycles. The molecule has 0 radical (unpaired) electrons. The van der Waals surface area contributed by atoms with Crippen molar-refractivity contribution in [2.45, 2.75) is 6.42 Å². The number of rotatable bonds is 4. The van der Waals surface area contributed by atoms with E-state index in [2.05, 4.69) is 9.97 Å². The van der Waals surface area contributed by atoms with Crippen LogP contribution in [0.15, 0.2) is 29.8 Å². The Balaban J connectivity index is 2.01. The molecule has 2 heterocycles. The van der Waals surface area contributed by atoms with E-state index in [4.69, 9.17) is 16.3 Å². The third kappa shape index (κ3) is 3.41. The Labute approximate surface area is 144 Å². The molecule has 4 nitrogen and oxygen atoms in total. The van der Waals surface area contributed by atoms with Crippen molar-refractivity contribution in [1.29, 1.82) is 0 Å². The first-order valence-electron chi connectivity index (χ1n) is 6.50. The highest BCUT2D eigenvalue weighted by Crippen LogP contribution is 2.32. The van der Waals surface area contributed by atoms with E-state index in [1.165, 1.54) is 41.9 Å². The van der Waals surface area contributed by atoms with Crippen LogP contribution in [0.2, 0.25) is 5.02 Å². The summed E-state index contributed by atoms with van der Waals surface area (Å²) in [6, 6.07) is 4.18. The van der Waals surface area contributed by atoms with E-state index in [-0.39, 0.29) is 5.69 Å². The first kappa shape index (κ1) is 16.0. The van der Waals surface area contributed by atoms with Gasteiger partial charge in [-0.05, 0) is 17.7 Å². The van der Waals surface area contributed by atoms with Crippen LogP contribution in [-0.4, -0.2) is 23.0 Å². The summed E-state index contributed by atoms with van der Waals surface area (Å²) in [4.78, 5) is 21.2. The topological polar surface area (TPSA) is 52.1 Å². The molecule has 0 amide bonds. The molecular weight excluding hydrogens is 359 g/mol. The molecule has 23 heavy (non-hydrogen) atoms. The van der Waals surface area contributed by atoms with Crippen molar-refractivity contribution in [3.63, 3.8) is 0 Å². The molecule has 0 spiro atoms. The number of benzene rings is 1. The van der Waals surface area contributed by atoms with Crippen LogP contribution in [0, 0.1) is 5.82 Å². The van der Waals surface area contributed by atoms with Crippen LogP contribution in [0.25, 0.3) is 10.0 Å². The summed E-state index contributed by atoms with van der Waals surface area (Å²) < 4.78 is 18.0. The summed E-state index contributed by atoms with van der Waals surface area (Å²) in [6.45, 7) is 0. The average molecular weight is 369 g/mol. The van der Waals surface area contributed by atoms with Crippen LogP contribution in [-0.2, 0) is 11.2 Å². The predicted octanol–water partition coefficient (Wildman–Crippen LogP) is 4.44. The molecule has 0 aliphatic rings. The maximum absolute atomic E-state index is 13.2. The van der Waals surface area contributed by atoms with Crippen LogP contribution in [0.4, 0.5) is 4.39 Å². The van der Waals surface area contributed by atoms with Crippen molar-refractivity contribution in [2.75, 3.05) is 7.11 Å². The molecule has 3 aromatic rings. The minimum atomic E-state index is -0.516. The van der Waals surface area contributed by atoms with Crippen molar-refractivity contribution in [1.82, 2.24) is 9.97 Å². The first-order chi connectivity index (χ1) is 11.1. The average Bonchev–Trinajstić information content (AvgIpc) is 3.18. The number of carbonyl (C=O) groups is 1. The van der Waals surface area contributed by atoms with Crippen LogP contribution < -0.4 is 0 Å². The van der Waals surface area contributed by atoms with Crippen molar-refractivity contribution in [3.05, 3.63) is 56.8 Å². The molecule has 8 heteroatoms. The van der Waals surface area contributed by atoms with Gasteiger partial charge in [-0.15, -0.1) is 22.7 Å². The van der Waals surface area contributed by atoms with Crippen LogP contribution >= 0.6 is 34.3 Å². The fraction of sp³-hybridized carbons (Fsp3) is 0.133. The molecule has 0 atom stereocenters. The molecule has 0 N–H and O–H groups in total. The number of esters is 1. The van der Waals surface area contributed by atoms with Gasteiger partial charge < -0.3 is 4.74 Å². The number of halogens is 2. The number of ether oxygens (including phenoxy) is 1. The number of nitrogens with zero attached hydrogens (tertiary/aromatic N) is 2. The molecule has 118 valence electrons. The van der Waals surface area contributed by atoms with Gasteiger partial charge >= 0.3 is 5.97 Å². The number of hydrogen-bond donors (Lipinski definition) is 0.